The Morgan fingerprint density at radius 1 is 1.58 bits per heavy atom. The summed E-state index contributed by atoms with van der Waals surface area (Å²) >= 11 is 1.64. The van der Waals surface area contributed by atoms with E-state index in [4.69, 9.17) is 5.84 Å². The van der Waals surface area contributed by atoms with Crippen molar-refractivity contribution in [2.24, 2.45) is 11.8 Å². The van der Waals surface area contributed by atoms with Gasteiger partial charge in [-0.05, 0) is 19.4 Å². The van der Waals surface area contributed by atoms with E-state index >= 15 is 0 Å². The molecule has 1 saturated heterocycles. The number of nitrogen functional groups attached to an aromatic ring is 1. The zero-order valence-corrected chi connectivity index (χ0v) is 11.6. The van der Waals surface area contributed by atoms with Gasteiger partial charge >= 0.3 is 0 Å². The number of rotatable bonds is 3. The summed E-state index contributed by atoms with van der Waals surface area (Å²) in [4.78, 5) is 13.2. The second kappa shape index (κ2) is 4.92. The minimum atomic E-state index is 0.232. The standard InChI is InChI=1S/C12H17N5OS/c1-7-4-9-10(17-3-2-8(5-17)6-18)14-12(16-13)15-11(9)19-7/h4,8,18H,2-3,5-6,13H2,1H3,(H,14,15,16). The first-order valence-corrected chi connectivity index (χ1v) is 7.13. The molecule has 1 aliphatic heterocycles. The molecule has 0 amide bonds. The molecule has 102 valence electrons. The van der Waals surface area contributed by atoms with Crippen molar-refractivity contribution in [2.45, 2.75) is 13.3 Å². The lowest BCUT2D eigenvalue weighted by molar-refractivity contribution is 0.238. The van der Waals surface area contributed by atoms with Crippen LogP contribution in [0.1, 0.15) is 11.3 Å². The SMILES string of the molecule is Cc1cc2c(N3CCC(CO)C3)nc(NN)nc2s1. The van der Waals surface area contributed by atoms with E-state index in [0.717, 1.165) is 35.5 Å². The van der Waals surface area contributed by atoms with Crippen LogP contribution < -0.4 is 16.2 Å². The maximum absolute atomic E-state index is 9.26. The lowest BCUT2D eigenvalue weighted by Gasteiger charge is -2.18. The van der Waals surface area contributed by atoms with Crippen LogP contribution in [-0.2, 0) is 0 Å². The van der Waals surface area contributed by atoms with E-state index < -0.39 is 0 Å². The molecule has 19 heavy (non-hydrogen) atoms. The highest BCUT2D eigenvalue weighted by Gasteiger charge is 2.25. The van der Waals surface area contributed by atoms with Crippen molar-refractivity contribution >= 4 is 33.3 Å². The third-order valence-corrected chi connectivity index (χ3v) is 4.41. The van der Waals surface area contributed by atoms with Crippen LogP contribution >= 0.6 is 11.3 Å². The monoisotopic (exact) mass is 279 g/mol. The molecule has 0 aromatic carbocycles. The Morgan fingerprint density at radius 3 is 3.11 bits per heavy atom. The maximum Gasteiger partial charge on any atom is 0.240 e. The molecule has 4 N–H and O–H groups in total. The van der Waals surface area contributed by atoms with Crippen LogP contribution in [0.3, 0.4) is 0 Å². The number of aliphatic hydroxyl groups excluding tert-OH is 1. The van der Waals surface area contributed by atoms with Crippen LogP contribution in [0.15, 0.2) is 6.07 Å². The minimum absolute atomic E-state index is 0.232. The summed E-state index contributed by atoms with van der Waals surface area (Å²) in [6, 6.07) is 2.11. The van der Waals surface area contributed by atoms with Crippen LogP contribution in [0.25, 0.3) is 10.2 Å². The molecule has 0 radical (unpaired) electrons. The highest BCUT2D eigenvalue weighted by molar-refractivity contribution is 7.18. The fourth-order valence-electron chi connectivity index (χ4n) is 2.51. The number of nitrogens with zero attached hydrogens (tertiary/aromatic N) is 3. The number of aromatic nitrogens is 2. The summed E-state index contributed by atoms with van der Waals surface area (Å²) in [6.45, 7) is 4.04. The van der Waals surface area contributed by atoms with Gasteiger partial charge in [-0.25, -0.2) is 10.8 Å². The van der Waals surface area contributed by atoms with E-state index in [1.54, 1.807) is 11.3 Å². The van der Waals surface area contributed by atoms with E-state index in [-0.39, 0.29) is 6.61 Å². The minimum Gasteiger partial charge on any atom is -0.396 e. The van der Waals surface area contributed by atoms with Crippen LogP contribution in [0, 0.1) is 12.8 Å². The summed E-state index contributed by atoms with van der Waals surface area (Å²) in [5.41, 5.74) is 2.53. The van der Waals surface area contributed by atoms with Gasteiger partial charge in [0.05, 0.1) is 5.39 Å². The number of aryl methyl sites for hydroxylation is 1. The van der Waals surface area contributed by atoms with Crippen molar-refractivity contribution in [1.29, 1.82) is 0 Å². The lowest BCUT2D eigenvalue weighted by Crippen LogP contribution is -2.23. The van der Waals surface area contributed by atoms with Gasteiger partial charge in [-0.1, -0.05) is 0 Å². The second-order valence-corrected chi connectivity index (χ2v) is 6.11. The molecule has 2 aromatic rings. The number of anilines is 2. The fourth-order valence-corrected chi connectivity index (χ4v) is 3.38. The Bertz CT molecular complexity index is 599. The molecule has 0 bridgehead atoms. The van der Waals surface area contributed by atoms with Crippen molar-refractivity contribution in [3.05, 3.63) is 10.9 Å². The van der Waals surface area contributed by atoms with Crippen molar-refractivity contribution in [3.8, 4) is 0 Å². The number of thiophene rings is 1. The molecule has 0 aliphatic carbocycles. The number of nitrogens with two attached hydrogens (primary N) is 1. The molecule has 2 aromatic heterocycles. The Hall–Kier alpha value is -1.44. The van der Waals surface area contributed by atoms with Gasteiger partial charge in [0.25, 0.3) is 0 Å². The van der Waals surface area contributed by atoms with E-state index in [2.05, 4.69) is 33.3 Å². The van der Waals surface area contributed by atoms with Gasteiger partial charge in [-0.15, -0.1) is 11.3 Å². The van der Waals surface area contributed by atoms with E-state index in [1.807, 2.05) is 0 Å². The Morgan fingerprint density at radius 2 is 2.42 bits per heavy atom. The zero-order chi connectivity index (χ0) is 13.4. The quantitative estimate of drug-likeness (QED) is 0.576. The van der Waals surface area contributed by atoms with Gasteiger partial charge in [0.1, 0.15) is 10.6 Å². The van der Waals surface area contributed by atoms with Crippen LogP contribution in [0.2, 0.25) is 0 Å². The Kier molecular flexibility index (Phi) is 3.26. The largest absolute Gasteiger partial charge is 0.396 e. The summed E-state index contributed by atoms with van der Waals surface area (Å²) in [7, 11) is 0. The molecule has 1 unspecified atom stereocenters. The second-order valence-electron chi connectivity index (χ2n) is 4.87. The van der Waals surface area contributed by atoms with Crippen molar-refractivity contribution in [1.82, 2.24) is 9.97 Å². The molecule has 1 fully saturated rings. The number of hydrogen-bond acceptors (Lipinski definition) is 7. The predicted octanol–water partition coefficient (Wildman–Crippen LogP) is 1.10. The highest BCUT2D eigenvalue weighted by atomic mass is 32.1. The topological polar surface area (TPSA) is 87.3 Å². The van der Waals surface area contributed by atoms with Crippen LogP contribution in [0.4, 0.5) is 11.8 Å². The van der Waals surface area contributed by atoms with Gasteiger partial charge in [0.15, 0.2) is 0 Å². The normalized spacial score (nSPS) is 19.3. The first kappa shape index (κ1) is 12.6. The smallest absolute Gasteiger partial charge is 0.240 e. The molecule has 7 heteroatoms. The summed E-state index contributed by atoms with van der Waals surface area (Å²) in [6.07, 6.45) is 0.997. The molecule has 0 saturated carbocycles. The van der Waals surface area contributed by atoms with Gasteiger partial charge in [-0.2, -0.15) is 4.98 Å². The molecule has 1 atom stereocenters. The van der Waals surface area contributed by atoms with Gasteiger partial charge in [-0.3, -0.25) is 5.43 Å². The van der Waals surface area contributed by atoms with E-state index in [9.17, 15) is 5.11 Å². The van der Waals surface area contributed by atoms with Crippen molar-refractivity contribution in [3.63, 3.8) is 0 Å². The average molecular weight is 279 g/mol. The highest BCUT2D eigenvalue weighted by Crippen LogP contribution is 2.33. The first-order valence-electron chi connectivity index (χ1n) is 6.32. The van der Waals surface area contributed by atoms with Gasteiger partial charge < -0.3 is 10.0 Å². The molecule has 1 aliphatic rings. The van der Waals surface area contributed by atoms with Crippen LogP contribution in [-0.4, -0.2) is 34.8 Å². The van der Waals surface area contributed by atoms with E-state index in [1.165, 1.54) is 4.88 Å². The summed E-state index contributed by atoms with van der Waals surface area (Å²) in [5.74, 6) is 7.13. The Balaban J connectivity index is 2.06. The third-order valence-electron chi connectivity index (χ3n) is 3.47. The van der Waals surface area contributed by atoms with Gasteiger partial charge in [0, 0.05) is 30.5 Å². The number of hydrazine groups is 1. The lowest BCUT2D eigenvalue weighted by atomic mass is 10.1. The first-order chi connectivity index (χ1) is 9.21. The van der Waals surface area contributed by atoms with Crippen molar-refractivity contribution < 1.29 is 5.11 Å². The number of nitrogens with one attached hydrogen (secondary N) is 1. The van der Waals surface area contributed by atoms with E-state index in [0.29, 0.717) is 11.9 Å². The third kappa shape index (κ3) is 2.24. The molecular formula is C12H17N5OS. The number of hydrogen-bond donors (Lipinski definition) is 3. The summed E-state index contributed by atoms with van der Waals surface area (Å²) in [5, 5.41) is 10.3. The fraction of sp³-hybridized carbons (Fsp3) is 0.500. The Labute approximate surface area is 115 Å². The van der Waals surface area contributed by atoms with Crippen LogP contribution in [0.5, 0.6) is 0 Å². The molecule has 0 spiro atoms. The maximum atomic E-state index is 9.26. The average Bonchev–Trinajstić information content (AvgIpc) is 3.02. The molecule has 3 heterocycles. The molecule has 3 rings (SSSR count). The number of fused-ring (bicyclic) bond motifs is 1. The van der Waals surface area contributed by atoms with Crippen molar-refractivity contribution in [2.75, 3.05) is 30.0 Å². The molecule has 6 nitrogen and oxygen atoms in total. The zero-order valence-electron chi connectivity index (χ0n) is 10.8. The molecular weight excluding hydrogens is 262 g/mol. The predicted molar refractivity (Wildman–Crippen MR) is 77.4 cm³/mol. The number of aliphatic hydroxyl groups is 1. The van der Waals surface area contributed by atoms with Gasteiger partial charge in [0.2, 0.25) is 5.95 Å². The summed E-state index contributed by atoms with van der Waals surface area (Å²) < 4.78 is 0.